The third-order valence-electron chi connectivity index (χ3n) is 4.55. The molecule has 0 saturated carbocycles. The van der Waals surface area contributed by atoms with Crippen LogP contribution in [0.5, 0.6) is 0 Å². The van der Waals surface area contributed by atoms with Crippen LogP contribution in [0.3, 0.4) is 0 Å². The summed E-state index contributed by atoms with van der Waals surface area (Å²) in [5.74, 6) is 0.149. The molecule has 1 amide bonds. The topological polar surface area (TPSA) is 45.5 Å². The summed E-state index contributed by atoms with van der Waals surface area (Å²) in [6.45, 7) is 2.59. The van der Waals surface area contributed by atoms with Crippen LogP contribution in [-0.2, 0) is 0 Å². The van der Waals surface area contributed by atoms with Crippen LogP contribution >= 0.6 is 11.6 Å². The largest absolute Gasteiger partial charge is 0.459 e. The van der Waals surface area contributed by atoms with Gasteiger partial charge in [0, 0.05) is 11.6 Å². The minimum atomic E-state index is -0.188. The third-order valence-corrected chi connectivity index (χ3v) is 4.89. The molecule has 1 atom stereocenters. The summed E-state index contributed by atoms with van der Waals surface area (Å²) in [7, 11) is 0. The van der Waals surface area contributed by atoms with Gasteiger partial charge in [0.1, 0.15) is 0 Å². The molecular formula is C19H23ClN2O2. The van der Waals surface area contributed by atoms with Crippen molar-refractivity contribution in [3.63, 3.8) is 0 Å². The molecule has 1 aromatic heterocycles. The number of carbonyl (C=O) groups is 1. The first kappa shape index (κ1) is 17.1. The van der Waals surface area contributed by atoms with Gasteiger partial charge >= 0.3 is 0 Å². The predicted molar refractivity (Wildman–Crippen MR) is 95.3 cm³/mol. The van der Waals surface area contributed by atoms with Gasteiger partial charge in [-0.3, -0.25) is 9.69 Å². The van der Waals surface area contributed by atoms with Gasteiger partial charge in [-0.1, -0.05) is 42.6 Å². The molecule has 128 valence electrons. The Kier molecular flexibility index (Phi) is 5.94. The molecule has 0 spiro atoms. The Bertz CT molecular complexity index is 649. The highest BCUT2D eigenvalue weighted by molar-refractivity contribution is 6.31. The summed E-state index contributed by atoms with van der Waals surface area (Å²) >= 11 is 6.44. The molecule has 24 heavy (non-hydrogen) atoms. The molecule has 3 rings (SSSR count). The number of carbonyl (C=O) groups excluding carboxylic acids is 1. The Morgan fingerprint density at radius 3 is 2.54 bits per heavy atom. The second-order valence-electron chi connectivity index (χ2n) is 6.17. The van der Waals surface area contributed by atoms with Gasteiger partial charge in [0.15, 0.2) is 5.76 Å². The number of benzene rings is 1. The summed E-state index contributed by atoms with van der Waals surface area (Å²) in [6, 6.07) is 11.4. The Balaban J connectivity index is 1.76. The number of rotatable bonds is 5. The first-order valence-electron chi connectivity index (χ1n) is 8.56. The van der Waals surface area contributed by atoms with Gasteiger partial charge < -0.3 is 9.73 Å². The molecule has 1 N–H and O–H groups in total. The van der Waals surface area contributed by atoms with Crippen molar-refractivity contribution >= 4 is 17.5 Å². The van der Waals surface area contributed by atoms with Crippen LogP contribution in [0.15, 0.2) is 47.1 Å². The molecule has 0 aliphatic carbocycles. The van der Waals surface area contributed by atoms with Crippen molar-refractivity contribution in [1.29, 1.82) is 0 Å². The van der Waals surface area contributed by atoms with Gasteiger partial charge in [-0.15, -0.1) is 0 Å². The fourth-order valence-corrected chi connectivity index (χ4v) is 3.53. The first-order valence-corrected chi connectivity index (χ1v) is 8.93. The molecule has 1 fully saturated rings. The molecule has 0 unspecified atom stereocenters. The molecule has 1 aromatic carbocycles. The van der Waals surface area contributed by atoms with Gasteiger partial charge in [0.25, 0.3) is 5.91 Å². The van der Waals surface area contributed by atoms with Crippen molar-refractivity contribution in [3.8, 4) is 0 Å². The van der Waals surface area contributed by atoms with Gasteiger partial charge in [-0.2, -0.15) is 0 Å². The van der Waals surface area contributed by atoms with Crippen molar-refractivity contribution < 1.29 is 9.21 Å². The molecule has 1 aliphatic rings. The van der Waals surface area contributed by atoms with Crippen molar-refractivity contribution in [1.82, 2.24) is 10.2 Å². The smallest absolute Gasteiger partial charge is 0.287 e. The maximum Gasteiger partial charge on any atom is 0.287 e. The van der Waals surface area contributed by atoms with Gasteiger partial charge in [-0.05, 0) is 49.7 Å². The van der Waals surface area contributed by atoms with E-state index in [9.17, 15) is 4.79 Å². The maximum absolute atomic E-state index is 12.2. The molecule has 0 radical (unpaired) electrons. The van der Waals surface area contributed by atoms with Gasteiger partial charge in [-0.25, -0.2) is 0 Å². The van der Waals surface area contributed by atoms with Crippen molar-refractivity contribution in [2.75, 3.05) is 19.6 Å². The zero-order chi connectivity index (χ0) is 16.8. The van der Waals surface area contributed by atoms with Crippen molar-refractivity contribution in [2.45, 2.75) is 31.7 Å². The Hall–Kier alpha value is -1.78. The fraction of sp³-hybridized carbons (Fsp3) is 0.421. The number of nitrogens with one attached hydrogen (secondary N) is 1. The molecule has 0 bridgehead atoms. The number of hydrogen-bond acceptors (Lipinski definition) is 3. The highest BCUT2D eigenvalue weighted by atomic mass is 35.5. The Morgan fingerprint density at radius 1 is 1.12 bits per heavy atom. The number of amides is 1. The lowest BCUT2D eigenvalue weighted by molar-refractivity contribution is 0.0905. The van der Waals surface area contributed by atoms with Crippen molar-refractivity contribution in [3.05, 3.63) is 59.0 Å². The Morgan fingerprint density at radius 2 is 1.88 bits per heavy atom. The number of halogens is 1. The lowest BCUT2D eigenvalue weighted by atomic mass is 10.0. The molecule has 4 nitrogen and oxygen atoms in total. The molecule has 1 aliphatic heterocycles. The number of nitrogens with zero attached hydrogens (tertiary/aromatic N) is 1. The summed E-state index contributed by atoms with van der Waals surface area (Å²) in [4.78, 5) is 14.7. The minimum absolute atomic E-state index is 0.0794. The van der Waals surface area contributed by atoms with Crippen LogP contribution in [0.2, 0.25) is 5.02 Å². The SMILES string of the molecule is O=C(NC[C@@H](c1ccccc1Cl)N1CCCCCC1)c1ccco1. The average molecular weight is 347 g/mol. The van der Waals surface area contributed by atoms with Crippen LogP contribution in [0.4, 0.5) is 0 Å². The van der Waals surface area contributed by atoms with Crippen LogP contribution in [0.25, 0.3) is 0 Å². The highest BCUT2D eigenvalue weighted by Gasteiger charge is 2.24. The van der Waals surface area contributed by atoms with E-state index in [1.54, 1.807) is 12.1 Å². The highest BCUT2D eigenvalue weighted by Crippen LogP contribution is 2.29. The van der Waals surface area contributed by atoms with Gasteiger partial charge in [0.2, 0.25) is 0 Å². The third kappa shape index (κ3) is 4.19. The molecule has 5 heteroatoms. The standard InChI is InChI=1S/C19H23ClN2O2/c20-16-9-4-3-8-15(16)17(22-11-5-1-2-6-12-22)14-21-19(23)18-10-7-13-24-18/h3-4,7-10,13,17H,1-2,5-6,11-12,14H2,(H,21,23)/t17-/m0/s1. The van der Waals surface area contributed by atoms with E-state index in [0.29, 0.717) is 12.3 Å². The molecule has 1 saturated heterocycles. The average Bonchev–Trinajstić information content (AvgIpc) is 3.00. The second-order valence-corrected chi connectivity index (χ2v) is 6.58. The second kappa shape index (κ2) is 8.36. The monoisotopic (exact) mass is 346 g/mol. The van der Waals surface area contributed by atoms with Crippen LogP contribution in [0, 0.1) is 0 Å². The lowest BCUT2D eigenvalue weighted by Crippen LogP contribution is -2.38. The summed E-state index contributed by atoms with van der Waals surface area (Å²) in [5.41, 5.74) is 1.07. The van der Waals surface area contributed by atoms with Gasteiger partial charge in [0.05, 0.1) is 12.3 Å². The summed E-state index contributed by atoms with van der Waals surface area (Å²) in [6.07, 6.45) is 6.42. The summed E-state index contributed by atoms with van der Waals surface area (Å²) in [5, 5.41) is 3.74. The maximum atomic E-state index is 12.2. The molecule has 2 aromatic rings. The number of hydrogen-bond donors (Lipinski definition) is 1. The quantitative estimate of drug-likeness (QED) is 0.878. The van der Waals surface area contributed by atoms with E-state index in [2.05, 4.69) is 16.3 Å². The van der Waals surface area contributed by atoms with Crippen LogP contribution in [0.1, 0.15) is 47.8 Å². The Labute approximate surface area is 147 Å². The number of furan rings is 1. The molecule has 2 heterocycles. The van der Waals surface area contributed by atoms with Crippen molar-refractivity contribution in [2.24, 2.45) is 0 Å². The zero-order valence-corrected chi connectivity index (χ0v) is 14.5. The lowest BCUT2D eigenvalue weighted by Gasteiger charge is -2.31. The summed E-state index contributed by atoms with van der Waals surface area (Å²) < 4.78 is 5.17. The first-order chi connectivity index (χ1) is 11.8. The molecular weight excluding hydrogens is 324 g/mol. The number of likely N-dealkylation sites (tertiary alicyclic amines) is 1. The zero-order valence-electron chi connectivity index (χ0n) is 13.7. The predicted octanol–water partition coefficient (Wildman–Crippen LogP) is 4.28. The van der Waals surface area contributed by atoms with Crippen LogP contribution in [-0.4, -0.2) is 30.4 Å². The van der Waals surface area contributed by atoms with E-state index >= 15 is 0 Å². The van der Waals surface area contributed by atoms with E-state index in [4.69, 9.17) is 16.0 Å². The van der Waals surface area contributed by atoms with E-state index in [1.165, 1.54) is 31.9 Å². The van der Waals surface area contributed by atoms with E-state index in [0.717, 1.165) is 23.7 Å². The normalized spacial score (nSPS) is 17.2. The fourth-order valence-electron chi connectivity index (χ4n) is 3.27. The van der Waals surface area contributed by atoms with Crippen LogP contribution < -0.4 is 5.32 Å². The minimum Gasteiger partial charge on any atom is -0.459 e. The van der Waals surface area contributed by atoms with E-state index in [1.807, 2.05) is 18.2 Å². The van der Waals surface area contributed by atoms with E-state index < -0.39 is 0 Å². The van der Waals surface area contributed by atoms with E-state index in [-0.39, 0.29) is 11.9 Å².